The number of hydrazine groups is 1. The monoisotopic (exact) mass is 426 g/mol. The number of fused-ring (bicyclic) bond motifs is 3. The zero-order valence-electron chi connectivity index (χ0n) is 17.4. The van der Waals surface area contributed by atoms with Crippen LogP contribution in [0.25, 0.3) is 0 Å². The molecule has 3 heterocycles. The van der Waals surface area contributed by atoms with Gasteiger partial charge in [-0.25, -0.2) is 5.43 Å². The Morgan fingerprint density at radius 1 is 1.20 bits per heavy atom. The summed E-state index contributed by atoms with van der Waals surface area (Å²) in [5, 5.41) is 10.8. The summed E-state index contributed by atoms with van der Waals surface area (Å²) in [4.78, 5) is 14.5. The Morgan fingerprint density at radius 2 is 2.00 bits per heavy atom. The van der Waals surface area contributed by atoms with Crippen LogP contribution in [0.3, 0.4) is 0 Å². The van der Waals surface area contributed by atoms with Crippen LogP contribution >= 0.6 is 11.8 Å². The number of carbonyl (C=O) groups is 1. The molecule has 0 aromatic heterocycles. The summed E-state index contributed by atoms with van der Waals surface area (Å²) in [5.74, 6) is 0.523. The Hall–Kier alpha value is -2.19. The second-order valence-corrected chi connectivity index (χ2v) is 9.61. The Morgan fingerprint density at radius 3 is 2.80 bits per heavy atom. The largest absolute Gasteiger partial charge is 0.353 e. The highest BCUT2D eigenvalue weighted by molar-refractivity contribution is 8.14. The molecule has 3 atom stereocenters. The molecule has 3 N–H and O–H groups in total. The van der Waals surface area contributed by atoms with Gasteiger partial charge in [0.2, 0.25) is 5.91 Å². The number of amides is 1. The van der Waals surface area contributed by atoms with E-state index >= 15 is 0 Å². The zero-order valence-corrected chi connectivity index (χ0v) is 18.2. The number of amidine groups is 1. The molecule has 5 rings (SSSR count). The van der Waals surface area contributed by atoms with Gasteiger partial charge in [0.15, 0.2) is 5.17 Å². The molecule has 0 radical (unpaired) electrons. The molecule has 8 heteroatoms. The molecule has 3 unspecified atom stereocenters. The lowest BCUT2D eigenvalue weighted by Gasteiger charge is -2.36. The van der Waals surface area contributed by atoms with E-state index in [2.05, 4.69) is 74.8 Å². The summed E-state index contributed by atoms with van der Waals surface area (Å²) in [6.07, 6.45) is 11.2. The van der Waals surface area contributed by atoms with Crippen LogP contribution in [-0.2, 0) is 4.79 Å². The summed E-state index contributed by atoms with van der Waals surface area (Å²) >= 11 is 1.51. The van der Waals surface area contributed by atoms with E-state index in [-0.39, 0.29) is 18.1 Å². The minimum absolute atomic E-state index is 0.0851. The number of carbonyl (C=O) groups excluding carboxylic acids is 1. The maximum Gasteiger partial charge on any atom is 0.230 e. The second-order valence-electron chi connectivity index (χ2n) is 8.67. The van der Waals surface area contributed by atoms with Crippen molar-refractivity contribution in [2.75, 3.05) is 5.75 Å². The third kappa shape index (κ3) is 4.03. The average Bonchev–Trinajstić information content (AvgIpc) is 3.37. The standard InChI is InChI=1S/C22H30N6OS/c1-15-7-9-16(10-8-15)18-13-19-21-24-25-22(27(21)11-12-28(19)26-18)30-14-20(29)23-17-5-3-2-4-6-17/h7-12,17-19,21,24,26H,2-6,13-14H2,1H3,(H,23,29). The lowest BCUT2D eigenvalue weighted by Crippen LogP contribution is -2.54. The van der Waals surface area contributed by atoms with E-state index in [1.165, 1.54) is 42.2 Å². The maximum absolute atomic E-state index is 12.4. The van der Waals surface area contributed by atoms with E-state index in [1.54, 1.807) is 0 Å². The summed E-state index contributed by atoms with van der Waals surface area (Å²) in [6, 6.07) is 9.67. The van der Waals surface area contributed by atoms with Gasteiger partial charge in [-0.3, -0.25) is 10.2 Å². The second kappa shape index (κ2) is 8.51. The average molecular weight is 427 g/mol. The van der Waals surface area contributed by atoms with E-state index in [4.69, 9.17) is 0 Å². The van der Waals surface area contributed by atoms with Gasteiger partial charge in [-0.2, -0.15) is 5.10 Å². The molecule has 3 aliphatic heterocycles. The summed E-state index contributed by atoms with van der Waals surface area (Å²) in [7, 11) is 0. The van der Waals surface area contributed by atoms with Crippen LogP contribution in [0.1, 0.15) is 55.7 Å². The number of thioether (sulfide) groups is 1. The van der Waals surface area contributed by atoms with Crippen molar-refractivity contribution in [1.29, 1.82) is 0 Å². The predicted octanol–water partition coefficient (Wildman–Crippen LogP) is 2.78. The fraction of sp³-hybridized carbons (Fsp3) is 0.545. The first-order valence-electron chi connectivity index (χ1n) is 11.0. The quantitative estimate of drug-likeness (QED) is 0.688. The Labute approximate surface area is 182 Å². The molecule has 1 aromatic carbocycles. The van der Waals surface area contributed by atoms with Gasteiger partial charge in [-0.05, 0) is 31.7 Å². The highest BCUT2D eigenvalue weighted by atomic mass is 32.2. The van der Waals surface area contributed by atoms with Gasteiger partial charge < -0.3 is 15.2 Å². The number of hydrogen-bond donors (Lipinski definition) is 3. The van der Waals surface area contributed by atoms with Crippen LogP contribution in [-0.4, -0.2) is 45.0 Å². The molecule has 1 saturated carbocycles. The van der Waals surface area contributed by atoms with Crippen LogP contribution in [0.2, 0.25) is 0 Å². The molecule has 1 aliphatic carbocycles. The number of hydrazone groups is 1. The van der Waals surface area contributed by atoms with Crippen LogP contribution in [0.4, 0.5) is 0 Å². The number of nitrogens with zero attached hydrogens (tertiary/aromatic N) is 3. The van der Waals surface area contributed by atoms with Crippen molar-refractivity contribution in [3.05, 3.63) is 47.8 Å². The van der Waals surface area contributed by atoms with Crippen molar-refractivity contribution in [3.63, 3.8) is 0 Å². The number of rotatable bonds is 4. The van der Waals surface area contributed by atoms with Crippen molar-refractivity contribution in [2.24, 2.45) is 5.10 Å². The molecular weight excluding hydrogens is 396 g/mol. The van der Waals surface area contributed by atoms with E-state index in [9.17, 15) is 4.79 Å². The van der Waals surface area contributed by atoms with Crippen molar-refractivity contribution in [3.8, 4) is 0 Å². The maximum atomic E-state index is 12.4. The highest BCUT2D eigenvalue weighted by Crippen LogP contribution is 2.35. The Bertz CT molecular complexity index is 835. The van der Waals surface area contributed by atoms with Gasteiger partial charge in [0.05, 0.1) is 17.8 Å². The van der Waals surface area contributed by atoms with Gasteiger partial charge in [0, 0.05) is 18.4 Å². The van der Waals surface area contributed by atoms with Crippen molar-refractivity contribution < 1.29 is 4.79 Å². The van der Waals surface area contributed by atoms with E-state index in [0.717, 1.165) is 24.4 Å². The van der Waals surface area contributed by atoms with E-state index in [0.29, 0.717) is 17.8 Å². The molecule has 1 amide bonds. The molecule has 0 spiro atoms. The van der Waals surface area contributed by atoms with Gasteiger partial charge in [-0.1, -0.05) is 60.9 Å². The molecule has 1 saturated heterocycles. The Balaban J connectivity index is 1.16. The van der Waals surface area contributed by atoms with E-state index < -0.39 is 0 Å². The van der Waals surface area contributed by atoms with Crippen molar-refractivity contribution >= 4 is 22.8 Å². The van der Waals surface area contributed by atoms with Crippen LogP contribution < -0.4 is 16.2 Å². The van der Waals surface area contributed by atoms with Gasteiger partial charge >= 0.3 is 0 Å². The minimum atomic E-state index is 0.0851. The van der Waals surface area contributed by atoms with E-state index in [1.807, 2.05) is 0 Å². The first-order valence-corrected chi connectivity index (χ1v) is 12.0. The molecule has 30 heavy (non-hydrogen) atoms. The molecule has 4 aliphatic rings. The van der Waals surface area contributed by atoms with Crippen LogP contribution in [0.5, 0.6) is 0 Å². The zero-order chi connectivity index (χ0) is 20.5. The molecule has 160 valence electrons. The SMILES string of the molecule is Cc1ccc(C2CC3C4NN=C(SCC(=O)NC5CCCCC5)N4C=CN3N2)cc1. The summed E-state index contributed by atoms with van der Waals surface area (Å²) < 4.78 is 0. The van der Waals surface area contributed by atoms with Gasteiger partial charge in [0.25, 0.3) is 0 Å². The lowest BCUT2D eigenvalue weighted by atomic mass is 9.95. The molecular formula is C22H30N6OS. The fourth-order valence-electron chi connectivity index (χ4n) is 4.81. The number of hydrogen-bond acceptors (Lipinski definition) is 7. The summed E-state index contributed by atoms with van der Waals surface area (Å²) in [6.45, 7) is 2.12. The molecule has 2 fully saturated rings. The van der Waals surface area contributed by atoms with Gasteiger partial charge in [-0.15, -0.1) is 0 Å². The van der Waals surface area contributed by atoms with Gasteiger partial charge in [0.1, 0.15) is 6.17 Å². The first kappa shape index (κ1) is 19.8. The lowest BCUT2D eigenvalue weighted by molar-refractivity contribution is -0.119. The van der Waals surface area contributed by atoms with Crippen LogP contribution in [0.15, 0.2) is 41.8 Å². The highest BCUT2D eigenvalue weighted by Gasteiger charge is 2.44. The normalized spacial score (nSPS) is 28.0. The third-order valence-electron chi connectivity index (χ3n) is 6.49. The molecule has 1 aromatic rings. The van der Waals surface area contributed by atoms with Crippen molar-refractivity contribution in [1.82, 2.24) is 26.1 Å². The topological polar surface area (TPSA) is 72.0 Å². The number of benzene rings is 1. The minimum Gasteiger partial charge on any atom is -0.353 e. The smallest absolute Gasteiger partial charge is 0.230 e. The Kier molecular flexibility index (Phi) is 5.60. The molecule has 7 nitrogen and oxygen atoms in total. The van der Waals surface area contributed by atoms with Crippen molar-refractivity contribution in [2.45, 2.75) is 69.7 Å². The third-order valence-corrected chi connectivity index (χ3v) is 7.45. The molecule has 0 bridgehead atoms. The number of aryl methyl sites for hydroxylation is 1. The van der Waals surface area contributed by atoms with Crippen LogP contribution in [0, 0.1) is 6.92 Å². The first-order chi connectivity index (χ1) is 14.7. The fourth-order valence-corrected chi connectivity index (χ4v) is 5.60. The predicted molar refractivity (Wildman–Crippen MR) is 120 cm³/mol. The number of nitrogens with one attached hydrogen (secondary N) is 3. The summed E-state index contributed by atoms with van der Waals surface area (Å²) in [5.41, 5.74) is 9.49.